The summed E-state index contributed by atoms with van der Waals surface area (Å²) in [6, 6.07) is 9.38. The summed E-state index contributed by atoms with van der Waals surface area (Å²) >= 11 is 13.3. The average Bonchev–Trinajstić information content (AvgIpc) is 2.34. The van der Waals surface area contributed by atoms with Crippen molar-refractivity contribution in [1.82, 2.24) is 4.98 Å². The minimum atomic E-state index is 0.511. The lowest BCUT2D eigenvalue weighted by Gasteiger charge is -2.04. The molecule has 0 saturated carbocycles. The van der Waals surface area contributed by atoms with Crippen LogP contribution in [0.4, 0.5) is 0 Å². The van der Waals surface area contributed by atoms with Crippen molar-refractivity contribution < 1.29 is 0 Å². The van der Waals surface area contributed by atoms with Gasteiger partial charge in [0.1, 0.15) is 5.03 Å². The van der Waals surface area contributed by atoms with Crippen molar-refractivity contribution in [3.8, 4) is 0 Å². The second-order valence-electron chi connectivity index (χ2n) is 3.38. The average molecular weight is 285 g/mol. The van der Waals surface area contributed by atoms with Gasteiger partial charge in [0.25, 0.3) is 0 Å². The van der Waals surface area contributed by atoms with E-state index in [0.717, 1.165) is 15.5 Å². The summed E-state index contributed by atoms with van der Waals surface area (Å²) in [7, 11) is 0. The van der Waals surface area contributed by atoms with Crippen LogP contribution in [-0.4, -0.2) is 4.98 Å². The number of halogens is 2. The van der Waals surface area contributed by atoms with Gasteiger partial charge in [-0.25, -0.2) is 4.98 Å². The van der Waals surface area contributed by atoms with E-state index >= 15 is 0 Å². The molecule has 88 valence electrons. The van der Waals surface area contributed by atoms with Crippen molar-refractivity contribution in [2.24, 2.45) is 5.73 Å². The third kappa shape index (κ3) is 3.36. The van der Waals surface area contributed by atoms with Crippen molar-refractivity contribution in [2.45, 2.75) is 16.5 Å². The number of nitrogens with zero attached hydrogens (tertiary/aromatic N) is 1. The van der Waals surface area contributed by atoms with E-state index in [9.17, 15) is 0 Å². The molecule has 1 aromatic heterocycles. The second kappa shape index (κ2) is 5.74. The fraction of sp³-hybridized carbons (Fsp3) is 0.0833. The summed E-state index contributed by atoms with van der Waals surface area (Å²) < 4.78 is 0. The van der Waals surface area contributed by atoms with Gasteiger partial charge in [0.15, 0.2) is 0 Å². The molecule has 0 fully saturated rings. The molecule has 0 atom stereocenters. The largest absolute Gasteiger partial charge is 0.326 e. The molecule has 0 amide bonds. The Morgan fingerprint density at radius 2 is 1.94 bits per heavy atom. The van der Waals surface area contributed by atoms with Crippen molar-refractivity contribution in [1.29, 1.82) is 0 Å². The van der Waals surface area contributed by atoms with Crippen LogP contribution in [0.25, 0.3) is 0 Å². The van der Waals surface area contributed by atoms with Crippen molar-refractivity contribution >= 4 is 35.0 Å². The zero-order valence-electron chi connectivity index (χ0n) is 8.86. The highest BCUT2D eigenvalue weighted by molar-refractivity contribution is 7.99. The van der Waals surface area contributed by atoms with Crippen LogP contribution in [-0.2, 0) is 6.54 Å². The summed E-state index contributed by atoms with van der Waals surface area (Å²) in [4.78, 5) is 5.27. The third-order valence-electron chi connectivity index (χ3n) is 2.15. The summed E-state index contributed by atoms with van der Waals surface area (Å²) in [5, 5.41) is 2.00. The predicted molar refractivity (Wildman–Crippen MR) is 72.7 cm³/mol. The Morgan fingerprint density at radius 3 is 2.65 bits per heavy atom. The van der Waals surface area contributed by atoms with Crippen molar-refractivity contribution in [2.75, 3.05) is 0 Å². The lowest BCUT2D eigenvalue weighted by atomic mass is 10.3. The first-order chi connectivity index (χ1) is 8.19. The fourth-order valence-corrected chi connectivity index (χ4v) is 2.54. The van der Waals surface area contributed by atoms with E-state index in [-0.39, 0.29) is 0 Å². The van der Waals surface area contributed by atoms with Crippen LogP contribution in [0, 0.1) is 0 Å². The minimum absolute atomic E-state index is 0.511. The zero-order valence-corrected chi connectivity index (χ0v) is 11.2. The monoisotopic (exact) mass is 284 g/mol. The zero-order chi connectivity index (χ0) is 12.3. The number of benzene rings is 1. The van der Waals surface area contributed by atoms with E-state index in [0.29, 0.717) is 16.6 Å². The molecule has 2 N–H and O–H groups in total. The molecule has 0 aliphatic rings. The topological polar surface area (TPSA) is 38.9 Å². The van der Waals surface area contributed by atoms with E-state index in [1.54, 1.807) is 12.3 Å². The van der Waals surface area contributed by atoms with E-state index in [1.165, 1.54) is 11.8 Å². The lowest BCUT2D eigenvalue weighted by Crippen LogP contribution is -1.96. The molecule has 2 rings (SSSR count). The number of nitrogens with two attached hydrogens (primary N) is 1. The van der Waals surface area contributed by atoms with Gasteiger partial charge in [0.05, 0.1) is 10.0 Å². The molecule has 0 radical (unpaired) electrons. The molecule has 17 heavy (non-hydrogen) atoms. The molecule has 1 heterocycles. The molecular formula is C12H10Cl2N2S. The second-order valence-corrected chi connectivity index (χ2v) is 5.29. The van der Waals surface area contributed by atoms with Gasteiger partial charge in [-0.3, -0.25) is 0 Å². The third-order valence-corrected chi connectivity index (χ3v) is 3.81. The molecular weight excluding hydrogens is 275 g/mol. The predicted octanol–water partition coefficient (Wildman–Crippen LogP) is 4.00. The van der Waals surface area contributed by atoms with Crippen molar-refractivity contribution in [3.05, 3.63) is 52.1 Å². The van der Waals surface area contributed by atoms with Crippen LogP contribution in [0.2, 0.25) is 10.0 Å². The number of hydrogen-bond acceptors (Lipinski definition) is 3. The number of hydrogen-bond donors (Lipinski definition) is 1. The summed E-state index contributed by atoms with van der Waals surface area (Å²) in [5.41, 5.74) is 6.64. The number of pyridine rings is 1. The number of aromatic nitrogens is 1. The Morgan fingerprint density at radius 1 is 1.12 bits per heavy atom. The Balaban J connectivity index is 2.22. The highest BCUT2D eigenvalue weighted by atomic mass is 35.5. The molecule has 2 aromatic rings. The highest BCUT2D eigenvalue weighted by Gasteiger charge is 2.03. The number of rotatable bonds is 3. The van der Waals surface area contributed by atoms with E-state index in [4.69, 9.17) is 28.9 Å². The van der Waals surface area contributed by atoms with Gasteiger partial charge in [0, 0.05) is 17.6 Å². The molecule has 1 aromatic carbocycles. The van der Waals surface area contributed by atoms with Gasteiger partial charge >= 0.3 is 0 Å². The normalized spacial score (nSPS) is 10.5. The smallest absolute Gasteiger partial charge is 0.101 e. The quantitative estimate of drug-likeness (QED) is 0.926. The maximum atomic E-state index is 5.95. The van der Waals surface area contributed by atoms with Gasteiger partial charge in [-0.15, -0.1) is 0 Å². The first-order valence-corrected chi connectivity index (χ1v) is 6.54. The summed E-state index contributed by atoms with van der Waals surface area (Å²) in [5.74, 6) is 0. The van der Waals surface area contributed by atoms with E-state index < -0.39 is 0 Å². The lowest BCUT2D eigenvalue weighted by molar-refractivity contribution is 1.02. The van der Waals surface area contributed by atoms with Gasteiger partial charge in [-0.2, -0.15) is 0 Å². The fourth-order valence-electron chi connectivity index (χ4n) is 1.29. The van der Waals surface area contributed by atoms with E-state index in [1.807, 2.05) is 24.3 Å². The summed E-state index contributed by atoms with van der Waals surface area (Å²) in [6.07, 6.45) is 1.75. The maximum absolute atomic E-state index is 5.95. The minimum Gasteiger partial charge on any atom is -0.326 e. The first kappa shape index (κ1) is 12.7. The molecule has 0 aliphatic heterocycles. The van der Waals surface area contributed by atoms with Gasteiger partial charge in [-0.05, 0) is 35.9 Å². The molecule has 2 nitrogen and oxygen atoms in total. The molecule has 0 unspecified atom stereocenters. The van der Waals surface area contributed by atoms with Gasteiger partial charge in [-0.1, -0.05) is 35.0 Å². The molecule has 0 saturated heterocycles. The van der Waals surface area contributed by atoms with Gasteiger partial charge in [0.2, 0.25) is 0 Å². The SMILES string of the molecule is NCc1ccnc(Sc2ccc(Cl)c(Cl)c2)c1. The Bertz CT molecular complexity index is 532. The van der Waals surface area contributed by atoms with Crippen LogP contribution in [0.15, 0.2) is 46.5 Å². The van der Waals surface area contributed by atoms with Gasteiger partial charge < -0.3 is 5.73 Å². The van der Waals surface area contributed by atoms with Crippen LogP contribution < -0.4 is 5.73 Å². The maximum Gasteiger partial charge on any atom is 0.101 e. The Labute approximate surface area is 114 Å². The Hall–Kier alpha value is -0.740. The van der Waals surface area contributed by atoms with Crippen LogP contribution in [0.3, 0.4) is 0 Å². The highest BCUT2D eigenvalue weighted by Crippen LogP contribution is 2.31. The van der Waals surface area contributed by atoms with Crippen molar-refractivity contribution in [3.63, 3.8) is 0 Å². The first-order valence-electron chi connectivity index (χ1n) is 4.97. The standard InChI is InChI=1S/C12H10Cl2N2S/c13-10-2-1-9(6-11(10)14)17-12-5-8(7-15)3-4-16-12/h1-6H,7,15H2. The summed E-state index contributed by atoms with van der Waals surface area (Å²) in [6.45, 7) is 0.511. The van der Waals surface area contributed by atoms with Crippen LogP contribution >= 0.6 is 35.0 Å². The Kier molecular flexibility index (Phi) is 4.29. The molecule has 0 spiro atoms. The molecule has 0 bridgehead atoms. The molecule has 0 aliphatic carbocycles. The molecule has 5 heteroatoms. The van der Waals surface area contributed by atoms with E-state index in [2.05, 4.69) is 4.98 Å². The van der Waals surface area contributed by atoms with Crippen LogP contribution in [0.1, 0.15) is 5.56 Å². The van der Waals surface area contributed by atoms with Crippen LogP contribution in [0.5, 0.6) is 0 Å².